The fraction of sp³-hybridized carbons (Fsp3) is 0.333. The fourth-order valence-corrected chi connectivity index (χ4v) is 22.8. The molecule has 0 N–H and O–H groups in total. The maximum atomic E-state index is 13.0. The molecule has 12 heteroatoms. The zero-order chi connectivity index (χ0) is 24.4. The van der Waals surface area contributed by atoms with Crippen LogP contribution in [0.5, 0.6) is 0 Å². The van der Waals surface area contributed by atoms with Crippen LogP contribution in [0.15, 0.2) is 70.0 Å². The SMILES string of the molecule is C/C(OS(=O)(=O)C(F)(F)F)=C1/C[O+](C[Si](C)(C)C)I(c2ccccc2)OI1c1ccccc1. The van der Waals surface area contributed by atoms with Crippen LogP contribution in [-0.4, -0.2) is 34.8 Å². The molecule has 0 atom stereocenters. The predicted octanol–water partition coefficient (Wildman–Crippen LogP) is 7.04. The minimum absolute atomic E-state index is 0.252. The Morgan fingerprint density at radius 1 is 1.03 bits per heavy atom. The number of rotatable bonds is 6. The van der Waals surface area contributed by atoms with E-state index in [1.165, 1.54) is 6.92 Å². The average Bonchev–Trinajstić information content (AvgIpc) is 2.72. The number of allylic oxidation sites excluding steroid dienone is 1. The van der Waals surface area contributed by atoms with E-state index in [9.17, 15) is 21.6 Å². The van der Waals surface area contributed by atoms with Gasteiger partial charge in [-0.25, -0.2) is 0 Å². The van der Waals surface area contributed by atoms with Crippen molar-refractivity contribution in [3.05, 3.63) is 77.1 Å². The van der Waals surface area contributed by atoms with Crippen LogP contribution in [0, 0.1) is 7.14 Å². The third-order valence-electron chi connectivity index (χ3n) is 4.13. The molecule has 1 heterocycles. The standard InChI is InChI=1S/C21H26F3I2O5SSi/c1-17(29-32(27,28)21(22,23)24)20-15-31(16-33(2,3)4)26(19-13-9-6-10-14-19)30-25(20)18-11-7-5-8-12-18/h5-14H,15-16H2,1-4H3/q+1/b20-17+. The van der Waals surface area contributed by atoms with Crippen LogP contribution in [0.2, 0.25) is 19.6 Å². The summed E-state index contributed by atoms with van der Waals surface area (Å²) in [5, 5.41) is 0. The summed E-state index contributed by atoms with van der Waals surface area (Å²) in [6.45, 7) is 8.14. The normalized spacial score (nSPS) is 20.0. The molecule has 1 fully saturated rings. The van der Waals surface area contributed by atoms with Gasteiger partial charge in [-0.15, -0.1) is 0 Å². The molecule has 1 aliphatic heterocycles. The van der Waals surface area contributed by atoms with Crippen molar-refractivity contribution in [3.8, 4) is 0 Å². The third kappa shape index (κ3) is 6.93. The van der Waals surface area contributed by atoms with E-state index in [1.807, 2.05) is 60.7 Å². The van der Waals surface area contributed by atoms with Crippen molar-refractivity contribution in [1.82, 2.24) is 0 Å². The first-order chi connectivity index (χ1) is 15.3. The molecule has 184 valence electrons. The van der Waals surface area contributed by atoms with Crippen molar-refractivity contribution in [2.24, 2.45) is 0 Å². The molecule has 0 amide bonds. The van der Waals surface area contributed by atoms with Gasteiger partial charge in [-0.05, 0) is 0 Å². The van der Waals surface area contributed by atoms with Gasteiger partial charge in [0.15, 0.2) is 0 Å². The van der Waals surface area contributed by atoms with Crippen LogP contribution in [0.3, 0.4) is 0 Å². The number of alkyl halides is 3. The van der Waals surface area contributed by atoms with Gasteiger partial charge in [0, 0.05) is 0 Å². The monoisotopic (exact) mass is 729 g/mol. The van der Waals surface area contributed by atoms with Crippen LogP contribution in [0.25, 0.3) is 0 Å². The molecule has 2 aromatic carbocycles. The van der Waals surface area contributed by atoms with E-state index in [0.717, 1.165) is 7.14 Å². The van der Waals surface area contributed by atoms with E-state index in [4.69, 9.17) is 1.40 Å². The predicted molar refractivity (Wildman–Crippen MR) is 142 cm³/mol. The number of hydrogen-bond acceptors (Lipinski definition) is 4. The van der Waals surface area contributed by atoms with Crippen molar-refractivity contribution >= 4 is 59.1 Å². The summed E-state index contributed by atoms with van der Waals surface area (Å²) in [7, 11) is -7.42. The molecule has 1 aliphatic rings. The van der Waals surface area contributed by atoms with Crippen LogP contribution in [-0.2, 0) is 18.4 Å². The summed E-state index contributed by atoms with van der Waals surface area (Å²) in [6.07, 6.45) is 0.703. The maximum absolute atomic E-state index is 13.0. The van der Waals surface area contributed by atoms with Crippen molar-refractivity contribution in [2.75, 3.05) is 12.8 Å². The molecule has 1 saturated heterocycles. The summed E-state index contributed by atoms with van der Waals surface area (Å²) in [4.78, 5) is 0. The fourth-order valence-electron chi connectivity index (χ4n) is 2.78. The Bertz CT molecular complexity index is 1090. The van der Waals surface area contributed by atoms with Crippen molar-refractivity contribution in [2.45, 2.75) is 32.1 Å². The molecule has 0 bridgehead atoms. The Morgan fingerprint density at radius 3 is 2.03 bits per heavy atom. The topological polar surface area (TPSA) is 55.3 Å². The van der Waals surface area contributed by atoms with Gasteiger partial charge in [-0.3, -0.25) is 0 Å². The quantitative estimate of drug-likeness (QED) is 0.0800. The Morgan fingerprint density at radius 2 is 1.55 bits per heavy atom. The average molecular weight is 729 g/mol. The van der Waals surface area contributed by atoms with E-state index >= 15 is 0 Å². The van der Waals surface area contributed by atoms with Gasteiger partial charge >= 0.3 is 211 Å². The summed E-state index contributed by atoms with van der Waals surface area (Å²) in [6, 6.07) is 19.2. The molecule has 0 aromatic heterocycles. The summed E-state index contributed by atoms with van der Waals surface area (Å²) in [5.41, 5.74) is -5.50. The van der Waals surface area contributed by atoms with E-state index in [0.29, 0.717) is 9.81 Å². The summed E-state index contributed by atoms with van der Waals surface area (Å²) in [5.74, 6) is -0.252. The molecule has 0 radical (unpaired) electrons. The summed E-state index contributed by atoms with van der Waals surface area (Å²) >= 11 is -5.14. The molecule has 0 spiro atoms. The molecular formula is C21H26F3I2O5SSi+. The number of hydrogen-bond donors (Lipinski definition) is 0. The van der Waals surface area contributed by atoms with Gasteiger partial charge in [0.05, 0.1) is 0 Å². The van der Waals surface area contributed by atoms with Gasteiger partial charge in [-0.2, -0.15) is 0 Å². The van der Waals surface area contributed by atoms with Gasteiger partial charge in [0.1, 0.15) is 0 Å². The van der Waals surface area contributed by atoms with Gasteiger partial charge in [0.2, 0.25) is 0 Å². The minimum atomic E-state index is -5.76. The number of halogens is 5. The first-order valence-corrected chi connectivity index (χ1v) is 20.9. The van der Waals surface area contributed by atoms with E-state index in [-0.39, 0.29) is 12.4 Å². The van der Waals surface area contributed by atoms with Crippen LogP contribution in [0.1, 0.15) is 6.92 Å². The van der Waals surface area contributed by atoms with Crippen LogP contribution >= 0.6 is 40.9 Å². The molecule has 5 nitrogen and oxygen atoms in total. The zero-order valence-electron chi connectivity index (χ0n) is 18.5. The van der Waals surface area contributed by atoms with E-state index in [1.54, 1.807) is 0 Å². The second kappa shape index (κ2) is 10.5. The Labute approximate surface area is 209 Å². The molecule has 33 heavy (non-hydrogen) atoms. The van der Waals surface area contributed by atoms with Gasteiger partial charge < -0.3 is 0 Å². The van der Waals surface area contributed by atoms with Crippen LogP contribution in [0.4, 0.5) is 13.2 Å². The molecule has 0 unspecified atom stereocenters. The third-order valence-corrected chi connectivity index (χ3v) is 19.5. The van der Waals surface area contributed by atoms with Gasteiger partial charge in [-0.1, -0.05) is 0 Å². The first-order valence-electron chi connectivity index (χ1n) is 9.86. The number of benzene rings is 2. The van der Waals surface area contributed by atoms with Crippen molar-refractivity contribution in [1.29, 1.82) is 0 Å². The Kier molecular flexibility index (Phi) is 8.58. The van der Waals surface area contributed by atoms with Gasteiger partial charge in [0.25, 0.3) is 0 Å². The molecule has 2 aromatic rings. The molecule has 0 aliphatic carbocycles. The van der Waals surface area contributed by atoms with Crippen molar-refractivity contribution < 1.29 is 29.9 Å². The Balaban J connectivity index is 2.10. The van der Waals surface area contributed by atoms with E-state index < -0.39 is 64.6 Å². The zero-order valence-corrected chi connectivity index (χ0v) is 24.7. The Hall–Kier alpha value is -0.683. The molecular weight excluding hydrogens is 703 g/mol. The second-order valence-electron chi connectivity index (χ2n) is 8.33. The molecule has 0 saturated carbocycles. The molecule has 3 rings (SSSR count). The first kappa shape index (κ1) is 26.9. The van der Waals surface area contributed by atoms with Crippen LogP contribution < -0.4 is 0 Å². The van der Waals surface area contributed by atoms with Crippen molar-refractivity contribution in [3.63, 3.8) is 0 Å². The second-order valence-corrected chi connectivity index (χ2v) is 25.5. The van der Waals surface area contributed by atoms with E-state index in [2.05, 4.69) is 26.5 Å². The summed E-state index contributed by atoms with van der Waals surface area (Å²) < 4.78 is 79.6.